The van der Waals surface area contributed by atoms with Crippen molar-refractivity contribution in [2.45, 2.75) is 51.5 Å². The van der Waals surface area contributed by atoms with Crippen LogP contribution in [0.4, 0.5) is 4.79 Å². The van der Waals surface area contributed by atoms with Crippen LogP contribution in [-0.2, 0) is 16.1 Å². The molecule has 1 aliphatic heterocycles. The summed E-state index contributed by atoms with van der Waals surface area (Å²) in [4.78, 5) is 25.7. The number of amides is 2. The van der Waals surface area contributed by atoms with Crippen LogP contribution < -0.4 is 5.32 Å². The minimum Gasteiger partial charge on any atom is -0.444 e. The van der Waals surface area contributed by atoms with Gasteiger partial charge in [-0.1, -0.05) is 30.3 Å². The van der Waals surface area contributed by atoms with Crippen LogP contribution in [0.1, 0.15) is 39.2 Å². The van der Waals surface area contributed by atoms with Crippen molar-refractivity contribution in [3.63, 3.8) is 0 Å². The van der Waals surface area contributed by atoms with Gasteiger partial charge in [0.2, 0.25) is 5.72 Å². The predicted molar refractivity (Wildman–Crippen MR) is 85.4 cm³/mol. The Hall–Kier alpha value is -2.08. The van der Waals surface area contributed by atoms with Gasteiger partial charge in [-0.3, -0.25) is 9.69 Å². The Bertz CT molecular complexity index is 568. The predicted octanol–water partition coefficient (Wildman–Crippen LogP) is 2.02. The molecule has 0 radical (unpaired) electrons. The van der Waals surface area contributed by atoms with Crippen LogP contribution in [0.2, 0.25) is 0 Å². The lowest BCUT2D eigenvalue weighted by molar-refractivity contribution is -0.156. The highest BCUT2D eigenvalue weighted by Crippen LogP contribution is 2.28. The van der Waals surface area contributed by atoms with Crippen molar-refractivity contribution in [3.8, 4) is 0 Å². The molecular weight excluding hydrogens is 296 g/mol. The molecule has 23 heavy (non-hydrogen) atoms. The first-order valence-electron chi connectivity index (χ1n) is 7.76. The summed E-state index contributed by atoms with van der Waals surface area (Å²) in [7, 11) is 0. The standard InChI is InChI=1S/C17H24N2O4/c1-16(2,3)18-14(20)17(22)10-7-11-19(17)15(21)23-12-13-8-5-4-6-9-13/h4-6,8-9,22H,7,10-12H2,1-3H3,(H,18,20)/t17-/m1/s1. The van der Waals surface area contributed by atoms with Gasteiger partial charge in [0, 0.05) is 18.5 Å². The summed E-state index contributed by atoms with van der Waals surface area (Å²) in [5, 5.41) is 13.4. The molecule has 1 aromatic carbocycles. The molecule has 1 aliphatic rings. The zero-order valence-corrected chi connectivity index (χ0v) is 13.8. The molecule has 2 amide bonds. The fourth-order valence-electron chi connectivity index (χ4n) is 2.52. The highest BCUT2D eigenvalue weighted by atomic mass is 16.6. The highest BCUT2D eigenvalue weighted by molar-refractivity contribution is 5.89. The summed E-state index contributed by atoms with van der Waals surface area (Å²) < 4.78 is 5.23. The molecular formula is C17H24N2O4. The number of likely N-dealkylation sites (tertiary alicyclic amines) is 1. The number of hydrogen-bond donors (Lipinski definition) is 2. The van der Waals surface area contributed by atoms with Crippen molar-refractivity contribution in [1.82, 2.24) is 10.2 Å². The molecule has 6 heteroatoms. The maximum atomic E-state index is 12.4. The van der Waals surface area contributed by atoms with Crippen LogP contribution in [0.3, 0.4) is 0 Å². The van der Waals surface area contributed by atoms with Gasteiger partial charge in [0.25, 0.3) is 5.91 Å². The summed E-state index contributed by atoms with van der Waals surface area (Å²) in [5.74, 6) is -0.570. The lowest BCUT2D eigenvalue weighted by Gasteiger charge is -2.34. The monoisotopic (exact) mass is 320 g/mol. The van der Waals surface area contributed by atoms with Gasteiger partial charge in [0.05, 0.1) is 0 Å². The van der Waals surface area contributed by atoms with Crippen molar-refractivity contribution >= 4 is 12.0 Å². The SMILES string of the molecule is CC(C)(C)NC(=O)[C@]1(O)CCCN1C(=O)OCc1ccccc1. The Labute approximate surface area is 136 Å². The fourth-order valence-corrected chi connectivity index (χ4v) is 2.52. The van der Waals surface area contributed by atoms with Crippen molar-refractivity contribution in [1.29, 1.82) is 0 Å². The molecule has 0 spiro atoms. The number of carbonyl (C=O) groups is 2. The molecule has 1 aromatic rings. The Balaban J connectivity index is 2.02. The number of rotatable bonds is 3. The normalized spacial score (nSPS) is 21.1. The molecule has 2 rings (SSSR count). The number of carbonyl (C=O) groups excluding carboxylic acids is 2. The first-order chi connectivity index (χ1) is 10.7. The third-order valence-electron chi connectivity index (χ3n) is 3.63. The van der Waals surface area contributed by atoms with Crippen molar-refractivity contribution in [2.24, 2.45) is 0 Å². The lowest BCUT2D eigenvalue weighted by atomic mass is 10.1. The molecule has 6 nitrogen and oxygen atoms in total. The van der Waals surface area contributed by atoms with E-state index in [4.69, 9.17) is 4.74 Å². The quantitative estimate of drug-likeness (QED) is 0.893. The van der Waals surface area contributed by atoms with E-state index < -0.39 is 23.3 Å². The molecule has 0 saturated carbocycles. The maximum Gasteiger partial charge on any atom is 0.412 e. The Morgan fingerprint density at radius 2 is 1.96 bits per heavy atom. The smallest absolute Gasteiger partial charge is 0.412 e. The number of benzene rings is 1. The number of nitrogens with zero attached hydrogens (tertiary/aromatic N) is 1. The molecule has 0 aliphatic carbocycles. The van der Waals surface area contributed by atoms with E-state index in [0.29, 0.717) is 13.0 Å². The molecule has 126 valence electrons. The van der Waals surface area contributed by atoms with E-state index in [1.54, 1.807) is 0 Å². The van der Waals surface area contributed by atoms with E-state index in [-0.39, 0.29) is 13.0 Å². The summed E-state index contributed by atoms with van der Waals surface area (Å²) in [5.41, 5.74) is -1.49. The average Bonchev–Trinajstić information content (AvgIpc) is 2.87. The van der Waals surface area contributed by atoms with Gasteiger partial charge in [-0.25, -0.2) is 4.79 Å². The minimum atomic E-state index is -1.85. The Kier molecular flexibility index (Phi) is 4.94. The molecule has 2 N–H and O–H groups in total. The Morgan fingerprint density at radius 3 is 2.57 bits per heavy atom. The van der Waals surface area contributed by atoms with E-state index in [0.717, 1.165) is 10.5 Å². The summed E-state index contributed by atoms with van der Waals surface area (Å²) >= 11 is 0. The summed E-state index contributed by atoms with van der Waals surface area (Å²) in [6, 6.07) is 9.27. The van der Waals surface area contributed by atoms with Crippen molar-refractivity contribution in [3.05, 3.63) is 35.9 Å². The van der Waals surface area contributed by atoms with Gasteiger partial charge in [-0.05, 0) is 32.8 Å². The lowest BCUT2D eigenvalue weighted by Crippen LogP contribution is -2.60. The number of aliphatic hydroxyl groups is 1. The van der Waals surface area contributed by atoms with Gasteiger partial charge >= 0.3 is 6.09 Å². The van der Waals surface area contributed by atoms with Crippen LogP contribution in [0.15, 0.2) is 30.3 Å². The third-order valence-corrected chi connectivity index (χ3v) is 3.63. The molecule has 0 aromatic heterocycles. The Morgan fingerprint density at radius 1 is 1.30 bits per heavy atom. The van der Waals surface area contributed by atoms with Crippen molar-refractivity contribution in [2.75, 3.05) is 6.54 Å². The second-order valence-electron chi connectivity index (χ2n) is 6.82. The van der Waals surface area contributed by atoms with E-state index in [2.05, 4.69) is 5.32 Å². The van der Waals surface area contributed by atoms with E-state index >= 15 is 0 Å². The molecule has 0 bridgehead atoms. The second kappa shape index (κ2) is 6.58. The van der Waals surface area contributed by atoms with Crippen LogP contribution in [0.25, 0.3) is 0 Å². The van der Waals surface area contributed by atoms with E-state index in [9.17, 15) is 14.7 Å². The largest absolute Gasteiger partial charge is 0.444 e. The summed E-state index contributed by atoms with van der Waals surface area (Å²) in [6.45, 7) is 5.86. The topological polar surface area (TPSA) is 78.9 Å². The molecule has 1 atom stereocenters. The maximum absolute atomic E-state index is 12.4. The van der Waals surface area contributed by atoms with Crippen molar-refractivity contribution < 1.29 is 19.4 Å². The van der Waals surface area contributed by atoms with Gasteiger partial charge < -0.3 is 15.2 Å². The first kappa shape index (κ1) is 17.3. The second-order valence-corrected chi connectivity index (χ2v) is 6.82. The van der Waals surface area contributed by atoms with Gasteiger partial charge in [-0.15, -0.1) is 0 Å². The average molecular weight is 320 g/mol. The number of ether oxygens (including phenoxy) is 1. The highest BCUT2D eigenvalue weighted by Gasteiger charge is 2.49. The molecule has 0 unspecified atom stereocenters. The molecule has 1 saturated heterocycles. The minimum absolute atomic E-state index is 0.104. The van der Waals surface area contributed by atoms with Gasteiger partial charge in [-0.2, -0.15) is 0 Å². The van der Waals surface area contributed by atoms with E-state index in [1.165, 1.54) is 0 Å². The summed E-state index contributed by atoms with van der Waals surface area (Å²) in [6.07, 6.45) is 0.0713. The van der Waals surface area contributed by atoms with Crippen LogP contribution >= 0.6 is 0 Å². The number of hydrogen-bond acceptors (Lipinski definition) is 4. The molecule has 1 fully saturated rings. The first-order valence-corrected chi connectivity index (χ1v) is 7.76. The zero-order valence-electron chi connectivity index (χ0n) is 13.8. The van der Waals surface area contributed by atoms with Gasteiger partial charge in [0.15, 0.2) is 0 Å². The number of nitrogens with one attached hydrogen (secondary N) is 1. The van der Waals surface area contributed by atoms with Crippen LogP contribution in [0, 0.1) is 0 Å². The van der Waals surface area contributed by atoms with Crippen LogP contribution in [-0.4, -0.2) is 39.8 Å². The molecule has 1 heterocycles. The fraction of sp³-hybridized carbons (Fsp3) is 0.529. The van der Waals surface area contributed by atoms with Gasteiger partial charge in [0.1, 0.15) is 6.61 Å². The van der Waals surface area contributed by atoms with Crippen LogP contribution in [0.5, 0.6) is 0 Å². The third kappa shape index (κ3) is 4.22. The van der Waals surface area contributed by atoms with E-state index in [1.807, 2.05) is 51.1 Å². The zero-order chi connectivity index (χ0) is 17.1.